The summed E-state index contributed by atoms with van der Waals surface area (Å²) in [6, 6.07) is 12.5. The zero-order chi connectivity index (χ0) is 28.3. The minimum Gasteiger partial charge on any atom is -0.462 e. The summed E-state index contributed by atoms with van der Waals surface area (Å²) in [5, 5.41) is 5.31. The lowest BCUT2D eigenvalue weighted by Crippen LogP contribution is -2.49. The molecule has 1 amide bonds. The number of aromatic nitrogens is 2. The van der Waals surface area contributed by atoms with Crippen molar-refractivity contribution in [1.29, 1.82) is 0 Å². The van der Waals surface area contributed by atoms with Crippen molar-refractivity contribution in [2.45, 2.75) is 38.3 Å². The van der Waals surface area contributed by atoms with E-state index in [0.717, 1.165) is 59.5 Å². The van der Waals surface area contributed by atoms with Gasteiger partial charge in [0.1, 0.15) is 18.1 Å². The molecule has 0 aliphatic carbocycles. The maximum Gasteiger partial charge on any atom is 0.318 e. The second kappa shape index (κ2) is 11.8. The SMILES string of the molecule is C=CC(=O)N1CCN(c2nc(OC[C@H]3CCCCN3C)nc3c2CCN(c2cc(N=O)cc4ccccc24)C3)CC1. The first kappa shape index (κ1) is 27.1. The normalized spacial score (nSPS) is 19.6. The highest BCUT2D eigenvalue weighted by Gasteiger charge is 2.29. The number of nitrogens with zero attached hydrogens (tertiary/aromatic N) is 7. The van der Waals surface area contributed by atoms with E-state index >= 15 is 0 Å². The van der Waals surface area contributed by atoms with E-state index < -0.39 is 0 Å². The molecule has 0 bridgehead atoms. The highest BCUT2D eigenvalue weighted by atomic mass is 16.5. The Labute approximate surface area is 240 Å². The van der Waals surface area contributed by atoms with Gasteiger partial charge in [-0.25, -0.2) is 0 Å². The van der Waals surface area contributed by atoms with Crippen LogP contribution in [0.3, 0.4) is 0 Å². The van der Waals surface area contributed by atoms with E-state index in [1.807, 2.05) is 35.2 Å². The lowest BCUT2D eigenvalue weighted by Gasteiger charge is -2.38. The topological polar surface area (TPSA) is 94.5 Å². The van der Waals surface area contributed by atoms with Crippen molar-refractivity contribution >= 4 is 33.9 Å². The largest absolute Gasteiger partial charge is 0.462 e. The quantitative estimate of drug-likeness (QED) is 0.315. The molecule has 2 aromatic carbocycles. The molecule has 214 valence electrons. The fourth-order valence-electron chi connectivity index (χ4n) is 6.30. The Hall–Kier alpha value is -4.05. The van der Waals surface area contributed by atoms with Crippen LogP contribution >= 0.6 is 0 Å². The molecule has 2 fully saturated rings. The van der Waals surface area contributed by atoms with Gasteiger partial charge in [-0.1, -0.05) is 37.3 Å². The molecule has 0 N–H and O–H groups in total. The number of likely N-dealkylation sites (N-methyl/N-ethyl adjacent to an activating group) is 1. The molecule has 10 heteroatoms. The van der Waals surface area contributed by atoms with Crippen LogP contribution in [0.4, 0.5) is 17.2 Å². The molecule has 3 aliphatic heterocycles. The predicted octanol–water partition coefficient (Wildman–Crippen LogP) is 4.29. The molecule has 0 radical (unpaired) electrons. The molecule has 0 unspecified atom stereocenters. The second-order valence-electron chi connectivity index (χ2n) is 11.2. The number of benzene rings is 2. The van der Waals surface area contributed by atoms with Crippen LogP contribution in [0, 0.1) is 4.91 Å². The van der Waals surface area contributed by atoms with Gasteiger partial charge in [0.15, 0.2) is 0 Å². The van der Waals surface area contributed by atoms with Crippen molar-refractivity contribution in [2.24, 2.45) is 5.18 Å². The van der Waals surface area contributed by atoms with Crippen LogP contribution in [0.15, 0.2) is 54.2 Å². The van der Waals surface area contributed by atoms with E-state index in [0.29, 0.717) is 57.1 Å². The summed E-state index contributed by atoms with van der Waals surface area (Å²) in [6.07, 6.45) is 5.67. The number of nitroso groups, excluding NO2 is 1. The van der Waals surface area contributed by atoms with Crippen molar-refractivity contribution in [3.63, 3.8) is 0 Å². The number of hydrogen-bond donors (Lipinski definition) is 0. The van der Waals surface area contributed by atoms with Crippen LogP contribution in [-0.2, 0) is 17.8 Å². The van der Waals surface area contributed by atoms with Crippen molar-refractivity contribution in [2.75, 3.05) is 62.7 Å². The van der Waals surface area contributed by atoms with E-state index in [9.17, 15) is 9.70 Å². The Bertz CT molecular complexity index is 1450. The Morgan fingerprint density at radius 2 is 1.90 bits per heavy atom. The summed E-state index contributed by atoms with van der Waals surface area (Å²) in [7, 11) is 2.15. The molecule has 0 saturated carbocycles. The average Bonchev–Trinajstić information content (AvgIpc) is 3.02. The lowest BCUT2D eigenvalue weighted by molar-refractivity contribution is -0.126. The van der Waals surface area contributed by atoms with Crippen molar-refractivity contribution in [3.05, 3.63) is 65.2 Å². The van der Waals surface area contributed by atoms with Crippen LogP contribution < -0.4 is 14.5 Å². The number of piperazine rings is 1. The van der Waals surface area contributed by atoms with E-state index in [-0.39, 0.29) is 5.91 Å². The Balaban J connectivity index is 1.31. The number of likely N-dealkylation sites (tertiary alicyclic amines) is 1. The molecule has 4 heterocycles. The number of piperidine rings is 1. The minimum absolute atomic E-state index is 0.0371. The zero-order valence-corrected chi connectivity index (χ0v) is 23.7. The summed E-state index contributed by atoms with van der Waals surface area (Å²) in [5.74, 6) is 0.866. The maximum absolute atomic E-state index is 12.2. The molecule has 2 saturated heterocycles. The molecular weight excluding hydrogens is 518 g/mol. The van der Waals surface area contributed by atoms with Crippen LogP contribution in [-0.4, -0.2) is 84.6 Å². The molecule has 3 aromatic rings. The number of carbonyl (C=O) groups excluding carboxylic acids is 1. The molecule has 3 aliphatic rings. The molecule has 0 spiro atoms. The van der Waals surface area contributed by atoms with Crippen molar-refractivity contribution in [1.82, 2.24) is 19.8 Å². The van der Waals surface area contributed by atoms with E-state index in [1.54, 1.807) is 0 Å². The van der Waals surface area contributed by atoms with E-state index in [2.05, 4.69) is 39.6 Å². The third-order valence-corrected chi connectivity index (χ3v) is 8.69. The summed E-state index contributed by atoms with van der Waals surface area (Å²) in [4.78, 5) is 42.3. The van der Waals surface area contributed by atoms with Gasteiger partial charge in [0.05, 0.1) is 12.2 Å². The molecule has 10 nitrogen and oxygen atoms in total. The van der Waals surface area contributed by atoms with Gasteiger partial charge < -0.3 is 24.3 Å². The zero-order valence-electron chi connectivity index (χ0n) is 23.7. The van der Waals surface area contributed by atoms with Crippen molar-refractivity contribution in [3.8, 4) is 6.01 Å². The first-order valence-electron chi connectivity index (χ1n) is 14.5. The summed E-state index contributed by atoms with van der Waals surface area (Å²) in [5.41, 5.74) is 3.46. The van der Waals surface area contributed by atoms with Gasteiger partial charge in [0.25, 0.3) is 0 Å². The van der Waals surface area contributed by atoms with Crippen LogP contribution in [0.25, 0.3) is 10.8 Å². The lowest BCUT2D eigenvalue weighted by atomic mass is 10.0. The van der Waals surface area contributed by atoms with Gasteiger partial charge in [-0.2, -0.15) is 9.97 Å². The summed E-state index contributed by atoms with van der Waals surface area (Å²) in [6.45, 7) is 9.23. The van der Waals surface area contributed by atoms with Gasteiger partial charge >= 0.3 is 6.01 Å². The number of rotatable bonds is 7. The summed E-state index contributed by atoms with van der Waals surface area (Å²) < 4.78 is 6.29. The predicted molar refractivity (Wildman–Crippen MR) is 161 cm³/mol. The third kappa shape index (κ3) is 5.61. The van der Waals surface area contributed by atoms with E-state index in [1.165, 1.54) is 18.9 Å². The van der Waals surface area contributed by atoms with Gasteiger partial charge in [0, 0.05) is 55.4 Å². The highest BCUT2D eigenvalue weighted by Crippen LogP contribution is 2.37. The Morgan fingerprint density at radius 1 is 1.07 bits per heavy atom. The Morgan fingerprint density at radius 3 is 2.68 bits per heavy atom. The number of ether oxygens (including phenoxy) is 1. The second-order valence-corrected chi connectivity index (χ2v) is 11.2. The number of fused-ring (bicyclic) bond motifs is 2. The fraction of sp³-hybridized carbons (Fsp3) is 0.452. The standard InChI is InChI=1S/C31H37N7O3/c1-3-29(39)36-14-16-37(17-15-36)30-26-11-13-38(28-19-23(34-40)18-22-8-4-5-10-25(22)28)20-27(26)32-31(33-30)41-21-24-9-6-7-12-35(24)2/h3-5,8,10,18-19,24H,1,6-7,9,11-17,20-21H2,2H3/t24-/m1/s1. The molecule has 1 aromatic heterocycles. The number of anilines is 2. The van der Waals surface area contributed by atoms with Gasteiger partial charge in [-0.3, -0.25) is 4.79 Å². The van der Waals surface area contributed by atoms with Gasteiger partial charge in [0.2, 0.25) is 5.91 Å². The van der Waals surface area contributed by atoms with Crippen molar-refractivity contribution < 1.29 is 9.53 Å². The highest BCUT2D eigenvalue weighted by molar-refractivity contribution is 5.97. The first-order valence-corrected chi connectivity index (χ1v) is 14.5. The molecule has 41 heavy (non-hydrogen) atoms. The Kier molecular flexibility index (Phi) is 7.82. The smallest absolute Gasteiger partial charge is 0.318 e. The fourth-order valence-corrected chi connectivity index (χ4v) is 6.30. The number of amides is 1. The van der Waals surface area contributed by atoms with Gasteiger partial charge in [-0.05, 0) is 61.6 Å². The van der Waals surface area contributed by atoms with E-state index in [4.69, 9.17) is 14.7 Å². The van der Waals surface area contributed by atoms with Gasteiger partial charge in [-0.15, -0.1) is 4.91 Å². The monoisotopic (exact) mass is 555 g/mol. The maximum atomic E-state index is 12.2. The molecule has 6 rings (SSSR count). The minimum atomic E-state index is -0.0371. The van der Waals surface area contributed by atoms with Crippen LogP contribution in [0.2, 0.25) is 0 Å². The number of carbonyl (C=O) groups is 1. The molecular formula is C31H37N7O3. The average molecular weight is 556 g/mol. The number of hydrogen-bond acceptors (Lipinski definition) is 9. The first-order chi connectivity index (χ1) is 20.0. The summed E-state index contributed by atoms with van der Waals surface area (Å²) >= 11 is 0. The third-order valence-electron chi connectivity index (χ3n) is 8.69. The van der Waals surface area contributed by atoms with Crippen LogP contribution in [0.1, 0.15) is 30.5 Å². The molecule has 1 atom stereocenters. The van der Waals surface area contributed by atoms with Crippen LogP contribution in [0.5, 0.6) is 6.01 Å².